The third-order valence-corrected chi connectivity index (χ3v) is 5.66. The van der Waals surface area contributed by atoms with E-state index in [0.29, 0.717) is 0 Å². The van der Waals surface area contributed by atoms with Crippen molar-refractivity contribution < 1.29 is 9.13 Å². The van der Waals surface area contributed by atoms with Crippen molar-refractivity contribution in [1.29, 1.82) is 0 Å². The highest BCUT2D eigenvalue weighted by molar-refractivity contribution is 5.95. The molecule has 5 heteroatoms. The molecule has 4 nitrogen and oxygen atoms in total. The van der Waals surface area contributed by atoms with Gasteiger partial charge in [0.15, 0.2) is 0 Å². The molecule has 0 spiro atoms. The predicted octanol–water partition coefficient (Wildman–Crippen LogP) is 5.50. The summed E-state index contributed by atoms with van der Waals surface area (Å²) in [5.41, 5.74) is 6.90. The molecule has 4 rings (SSSR count). The minimum atomic E-state index is -0.204. The van der Waals surface area contributed by atoms with Gasteiger partial charge in [0.2, 0.25) is 0 Å². The summed E-state index contributed by atoms with van der Waals surface area (Å²) >= 11 is 0. The summed E-state index contributed by atoms with van der Waals surface area (Å²) in [4.78, 5) is 4.48. The van der Waals surface area contributed by atoms with E-state index in [-0.39, 0.29) is 5.82 Å². The lowest BCUT2D eigenvalue weighted by molar-refractivity contribution is 0.414. The fourth-order valence-electron chi connectivity index (χ4n) is 3.90. The Balaban J connectivity index is 1.59. The molecular formula is C25H26FN3O. The molecule has 0 bridgehead atoms. The molecule has 30 heavy (non-hydrogen) atoms. The molecule has 0 unspecified atom stereocenters. The second-order valence-corrected chi connectivity index (χ2v) is 7.53. The number of benzene rings is 2. The highest BCUT2D eigenvalue weighted by Gasteiger charge is 2.15. The van der Waals surface area contributed by atoms with E-state index in [1.807, 2.05) is 36.7 Å². The van der Waals surface area contributed by atoms with Crippen LogP contribution in [-0.4, -0.2) is 23.2 Å². The number of methoxy groups -OCH3 is 1. The minimum absolute atomic E-state index is 0.204. The molecule has 2 heterocycles. The van der Waals surface area contributed by atoms with Crippen LogP contribution in [0.25, 0.3) is 10.9 Å². The van der Waals surface area contributed by atoms with Gasteiger partial charge in [-0.3, -0.25) is 4.98 Å². The van der Waals surface area contributed by atoms with Crippen LogP contribution in [-0.2, 0) is 13.0 Å². The van der Waals surface area contributed by atoms with Crippen molar-refractivity contribution in [3.8, 4) is 5.75 Å². The van der Waals surface area contributed by atoms with Crippen molar-refractivity contribution in [3.05, 3.63) is 89.1 Å². The Morgan fingerprint density at radius 2 is 1.83 bits per heavy atom. The third-order valence-electron chi connectivity index (χ3n) is 5.66. The predicted molar refractivity (Wildman–Crippen MR) is 120 cm³/mol. The number of halogens is 1. The van der Waals surface area contributed by atoms with Crippen LogP contribution in [0.15, 0.2) is 60.9 Å². The summed E-state index contributed by atoms with van der Waals surface area (Å²) in [6.45, 7) is 5.82. The molecular weight excluding hydrogens is 377 g/mol. The van der Waals surface area contributed by atoms with Crippen molar-refractivity contribution in [3.63, 3.8) is 0 Å². The van der Waals surface area contributed by atoms with Crippen molar-refractivity contribution >= 4 is 16.6 Å². The molecule has 0 aliphatic carbocycles. The SMILES string of the molecule is COc1cccc(Cn2c(C)c(C)c3c(NCCc4ccc(F)cc4)cncc32)c1. The second kappa shape index (κ2) is 8.57. The number of rotatable bonds is 7. The first-order chi connectivity index (χ1) is 14.6. The number of ether oxygens (including phenoxy) is 1. The molecule has 0 saturated heterocycles. The number of hydrogen-bond acceptors (Lipinski definition) is 3. The standard InChI is InChI=1S/C25H26FN3O/c1-17-18(2)29(16-20-5-4-6-22(13-20)30-3)24-15-27-14-23(25(17)24)28-12-11-19-7-9-21(26)10-8-19/h4-10,13-15,28H,11-12,16H2,1-3H3. The van der Waals surface area contributed by atoms with Gasteiger partial charge in [-0.2, -0.15) is 0 Å². The molecule has 0 atom stereocenters. The Bertz CT molecular complexity index is 1170. The monoisotopic (exact) mass is 403 g/mol. The fourth-order valence-corrected chi connectivity index (χ4v) is 3.90. The summed E-state index contributed by atoms with van der Waals surface area (Å²) in [6, 6.07) is 14.8. The molecule has 2 aromatic carbocycles. The maximum Gasteiger partial charge on any atom is 0.123 e. The number of nitrogens with one attached hydrogen (secondary N) is 1. The number of anilines is 1. The summed E-state index contributed by atoms with van der Waals surface area (Å²) < 4.78 is 20.8. The summed E-state index contributed by atoms with van der Waals surface area (Å²) in [5.74, 6) is 0.656. The van der Waals surface area contributed by atoms with Crippen LogP contribution in [0.3, 0.4) is 0 Å². The number of pyridine rings is 1. The Morgan fingerprint density at radius 1 is 1.03 bits per heavy atom. The van der Waals surface area contributed by atoms with Crippen LogP contribution < -0.4 is 10.1 Å². The molecule has 0 aliphatic rings. The third kappa shape index (κ3) is 4.01. The Morgan fingerprint density at radius 3 is 2.60 bits per heavy atom. The zero-order valence-electron chi connectivity index (χ0n) is 17.6. The quantitative estimate of drug-likeness (QED) is 0.443. The van der Waals surface area contributed by atoms with Crippen molar-refractivity contribution in [2.45, 2.75) is 26.8 Å². The van der Waals surface area contributed by atoms with E-state index in [2.05, 4.69) is 40.8 Å². The van der Waals surface area contributed by atoms with Gasteiger partial charge in [-0.25, -0.2) is 4.39 Å². The number of nitrogens with zero attached hydrogens (tertiary/aromatic N) is 2. The zero-order valence-corrected chi connectivity index (χ0v) is 17.6. The lowest BCUT2D eigenvalue weighted by atomic mass is 10.1. The van der Waals surface area contributed by atoms with Gasteiger partial charge >= 0.3 is 0 Å². The summed E-state index contributed by atoms with van der Waals surface area (Å²) in [5, 5.41) is 4.72. The van der Waals surface area contributed by atoms with E-state index in [9.17, 15) is 4.39 Å². The molecule has 154 valence electrons. The van der Waals surface area contributed by atoms with Gasteiger partial charge in [-0.1, -0.05) is 24.3 Å². The van der Waals surface area contributed by atoms with Crippen molar-refractivity contribution in [1.82, 2.24) is 9.55 Å². The van der Waals surface area contributed by atoms with Gasteiger partial charge in [0.05, 0.1) is 30.7 Å². The fraction of sp³-hybridized carbons (Fsp3) is 0.240. The topological polar surface area (TPSA) is 39.1 Å². The van der Waals surface area contributed by atoms with Crippen LogP contribution >= 0.6 is 0 Å². The van der Waals surface area contributed by atoms with Gasteiger partial charge in [0.25, 0.3) is 0 Å². The average molecular weight is 404 g/mol. The van der Waals surface area contributed by atoms with Gasteiger partial charge in [-0.15, -0.1) is 0 Å². The molecule has 0 fully saturated rings. The van der Waals surface area contributed by atoms with E-state index in [1.165, 1.54) is 34.3 Å². The van der Waals surface area contributed by atoms with E-state index >= 15 is 0 Å². The maximum atomic E-state index is 13.1. The van der Waals surface area contributed by atoms with Crippen LogP contribution in [0, 0.1) is 19.7 Å². The van der Waals surface area contributed by atoms with E-state index in [4.69, 9.17) is 4.74 Å². The van der Waals surface area contributed by atoms with E-state index < -0.39 is 0 Å². The van der Waals surface area contributed by atoms with Gasteiger partial charge < -0.3 is 14.6 Å². The first-order valence-corrected chi connectivity index (χ1v) is 10.1. The van der Waals surface area contributed by atoms with Gasteiger partial charge in [-0.05, 0) is 61.2 Å². The molecule has 0 aliphatic heterocycles. The number of hydrogen-bond donors (Lipinski definition) is 1. The lowest BCUT2D eigenvalue weighted by Crippen LogP contribution is -2.06. The van der Waals surface area contributed by atoms with Gasteiger partial charge in [0.1, 0.15) is 11.6 Å². The van der Waals surface area contributed by atoms with Crippen LogP contribution in [0.1, 0.15) is 22.4 Å². The van der Waals surface area contributed by atoms with Crippen LogP contribution in [0.4, 0.5) is 10.1 Å². The zero-order chi connectivity index (χ0) is 21.1. The first-order valence-electron chi connectivity index (χ1n) is 10.1. The van der Waals surface area contributed by atoms with Crippen LogP contribution in [0.2, 0.25) is 0 Å². The Hall–Kier alpha value is -3.34. The highest BCUT2D eigenvalue weighted by Crippen LogP contribution is 2.31. The maximum absolute atomic E-state index is 13.1. The number of aromatic nitrogens is 2. The normalized spacial score (nSPS) is 11.1. The molecule has 1 N–H and O–H groups in total. The molecule has 2 aromatic heterocycles. The van der Waals surface area contributed by atoms with Crippen molar-refractivity contribution in [2.24, 2.45) is 0 Å². The largest absolute Gasteiger partial charge is 0.497 e. The number of fused-ring (bicyclic) bond motifs is 1. The molecule has 0 saturated carbocycles. The summed E-state index contributed by atoms with van der Waals surface area (Å²) in [6.07, 6.45) is 4.63. The first kappa shape index (κ1) is 20.0. The Kier molecular flexibility index (Phi) is 5.70. The molecule has 4 aromatic rings. The summed E-state index contributed by atoms with van der Waals surface area (Å²) in [7, 11) is 1.69. The van der Waals surface area contributed by atoms with E-state index in [0.717, 1.165) is 42.0 Å². The molecule has 0 amide bonds. The van der Waals surface area contributed by atoms with E-state index in [1.54, 1.807) is 7.11 Å². The second-order valence-electron chi connectivity index (χ2n) is 7.53. The van der Waals surface area contributed by atoms with Crippen molar-refractivity contribution in [2.75, 3.05) is 19.0 Å². The van der Waals surface area contributed by atoms with Crippen LogP contribution in [0.5, 0.6) is 5.75 Å². The molecule has 0 radical (unpaired) electrons. The Labute approximate surface area is 176 Å². The minimum Gasteiger partial charge on any atom is -0.497 e. The smallest absolute Gasteiger partial charge is 0.123 e. The van der Waals surface area contributed by atoms with Gasteiger partial charge in [0, 0.05) is 24.2 Å². The average Bonchev–Trinajstić information content (AvgIpc) is 3.01. The lowest BCUT2D eigenvalue weighted by Gasteiger charge is -2.11. The highest BCUT2D eigenvalue weighted by atomic mass is 19.1. The number of aryl methyl sites for hydroxylation is 1.